The fourth-order valence-electron chi connectivity index (χ4n) is 2.97. The van der Waals surface area contributed by atoms with E-state index in [1.54, 1.807) is 30.9 Å². The van der Waals surface area contributed by atoms with Crippen LogP contribution in [0.1, 0.15) is 12.5 Å². The minimum absolute atomic E-state index is 0.255. The third-order valence-electron chi connectivity index (χ3n) is 4.60. The molecule has 1 amide bonds. The first-order valence-corrected chi connectivity index (χ1v) is 9.43. The molecule has 2 aromatic carbocycles. The maximum absolute atomic E-state index is 12.5. The van der Waals surface area contributed by atoms with Crippen molar-refractivity contribution < 1.29 is 14.3 Å². The number of aryl methyl sites for hydroxylation is 1. The number of hydrogen-bond donors (Lipinski definition) is 1. The van der Waals surface area contributed by atoms with Crippen LogP contribution in [-0.2, 0) is 4.79 Å². The molecule has 0 unspecified atom stereocenters. The summed E-state index contributed by atoms with van der Waals surface area (Å²) in [7, 11) is 1.57. The molecule has 152 valence electrons. The number of fused-ring (bicyclic) bond motifs is 1. The van der Waals surface area contributed by atoms with Gasteiger partial charge in [0.2, 0.25) is 0 Å². The summed E-state index contributed by atoms with van der Waals surface area (Å²) in [5.74, 6) is 0.863. The van der Waals surface area contributed by atoms with Gasteiger partial charge in [0.15, 0.2) is 23.3 Å². The van der Waals surface area contributed by atoms with Crippen molar-refractivity contribution in [1.82, 2.24) is 19.8 Å². The number of carbonyl (C=O) groups excluding carboxylic acids is 1. The Bertz CT molecular complexity index is 1190. The molecule has 0 saturated heterocycles. The fraction of sp³-hybridized carbons (Fsp3) is 0.182. The van der Waals surface area contributed by atoms with E-state index >= 15 is 0 Å². The molecule has 0 fully saturated rings. The van der Waals surface area contributed by atoms with Crippen molar-refractivity contribution in [2.45, 2.75) is 20.0 Å². The topological polar surface area (TPSA) is 90.6 Å². The van der Waals surface area contributed by atoms with Crippen LogP contribution >= 0.6 is 0 Å². The second kappa shape index (κ2) is 8.20. The van der Waals surface area contributed by atoms with Gasteiger partial charge in [-0.2, -0.15) is 9.61 Å². The molecule has 4 aromatic rings. The Morgan fingerprint density at radius 2 is 1.87 bits per heavy atom. The second-order valence-corrected chi connectivity index (χ2v) is 6.83. The van der Waals surface area contributed by atoms with Gasteiger partial charge in [0.25, 0.3) is 5.91 Å². The molecule has 0 aliphatic heterocycles. The van der Waals surface area contributed by atoms with Gasteiger partial charge in [-0.1, -0.05) is 18.2 Å². The lowest BCUT2D eigenvalue weighted by Gasteiger charge is -2.17. The van der Waals surface area contributed by atoms with Gasteiger partial charge < -0.3 is 14.8 Å². The zero-order valence-corrected chi connectivity index (χ0v) is 16.9. The summed E-state index contributed by atoms with van der Waals surface area (Å²) >= 11 is 0. The zero-order valence-electron chi connectivity index (χ0n) is 16.9. The average molecular weight is 403 g/mol. The predicted molar refractivity (Wildman–Crippen MR) is 113 cm³/mol. The molecule has 0 saturated carbocycles. The number of carbonyl (C=O) groups is 1. The van der Waals surface area contributed by atoms with E-state index in [9.17, 15) is 4.79 Å². The second-order valence-electron chi connectivity index (χ2n) is 6.83. The van der Waals surface area contributed by atoms with Crippen molar-refractivity contribution in [3.8, 4) is 22.8 Å². The summed E-state index contributed by atoms with van der Waals surface area (Å²) in [6.45, 7) is 3.66. The van der Waals surface area contributed by atoms with E-state index in [4.69, 9.17) is 9.47 Å². The predicted octanol–water partition coefficient (Wildman–Crippen LogP) is 3.51. The molecule has 0 spiro atoms. The number of nitrogens with zero attached hydrogens (tertiary/aromatic N) is 4. The van der Waals surface area contributed by atoms with Crippen molar-refractivity contribution in [3.05, 3.63) is 66.5 Å². The Kier molecular flexibility index (Phi) is 5.30. The zero-order chi connectivity index (χ0) is 21.1. The van der Waals surface area contributed by atoms with Crippen molar-refractivity contribution in [1.29, 1.82) is 0 Å². The molecule has 4 rings (SSSR count). The maximum Gasteiger partial charge on any atom is 0.265 e. The Morgan fingerprint density at radius 1 is 1.07 bits per heavy atom. The van der Waals surface area contributed by atoms with E-state index < -0.39 is 6.10 Å². The van der Waals surface area contributed by atoms with E-state index in [0.29, 0.717) is 22.8 Å². The van der Waals surface area contributed by atoms with E-state index in [1.165, 1.54) is 0 Å². The summed E-state index contributed by atoms with van der Waals surface area (Å²) in [5, 5.41) is 15.1. The first kappa shape index (κ1) is 19.4. The minimum atomic E-state index is -0.695. The number of amides is 1. The third-order valence-corrected chi connectivity index (χ3v) is 4.60. The summed E-state index contributed by atoms with van der Waals surface area (Å²) in [6.07, 6.45) is 0.858. The van der Waals surface area contributed by atoms with Gasteiger partial charge in [0.05, 0.1) is 12.8 Å². The van der Waals surface area contributed by atoms with Crippen LogP contribution in [0.15, 0.2) is 60.9 Å². The molecule has 0 radical (unpaired) electrons. The first-order valence-electron chi connectivity index (χ1n) is 9.43. The average Bonchev–Trinajstić information content (AvgIpc) is 3.23. The third kappa shape index (κ3) is 4.07. The van der Waals surface area contributed by atoms with Gasteiger partial charge >= 0.3 is 0 Å². The molecule has 2 aromatic heterocycles. The smallest absolute Gasteiger partial charge is 0.265 e. The van der Waals surface area contributed by atoms with Crippen molar-refractivity contribution in [2.24, 2.45) is 0 Å². The number of rotatable bonds is 6. The fourth-order valence-corrected chi connectivity index (χ4v) is 2.97. The molecule has 0 bridgehead atoms. The highest BCUT2D eigenvalue weighted by atomic mass is 16.5. The number of nitrogens with one attached hydrogen (secondary N) is 1. The van der Waals surface area contributed by atoms with Gasteiger partial charge in [0, 0.05) is 11.3 Å². The molecule has 1 N–H and O–H groups in total. The van der Waals surface area contributed by atoms with E-state index in [-0.39, 0.29) is 5.91 Å². The molecule has 1 atom stereocenters. The lowest BCUT2D eigenvalue weighted by atomic mass is 10.1. The Hall–Kier alpha value is -3.94. The summed E-state index contributed by atoms with van der Waals surface area (Å²) in [5.41, 5.74) is 4.09. The maximum atomic E-state index is 12.5. The van der Waals surface area contributed by atoms with Crippen LogP contribution in [0.4, 0.5) is 5.69 Å². The number of aromatic nitrogens is 4. The quantitative estimate of drug-likeness (QED) is 0.530. The van der Waals surface area contributed by atoms with E-state index in [2.05, 4.69) is 20.6 Å². The van der Waals surface area contributed by atoms with Crippen LogP contribution in [0, 0.1) is 6.92 Å². The monoisotopic (exact) mass is 403 g/mol. The number of ether oxygens (including phenoxy) is 2. The molecule has 2 heterocycles. The lowest BCUT2D eigenvalue weighted by molar-refractivity contribution is -0.122. The standard InChI is InChI=1S/C22H21N5O3/c1-14-4-10-19(20(12-14)29-3)30-15(2)22(28)24-17-7-5-16(6-8-17)18-9-11-21-25-23-13-27(21)26-18/h4-13,15H,1-3H3,(H,24,28)/t15-/m0/s1. The normalized spacial score (nSPS) is 11.8. The first-order chi connectivity index (χ1) is 14.5. The minimum Gasteiger partial charge on any atom is -0.493 e. The van der Waals surface area contributed by atoms with Crippen LogP contribution in [0.25, 0.3) is 16.9 Å². The van der Waals surface area contributed by atoms with Crippen molar-refractivity contribution in [3.63, 3.8) is 0 Å². The molecular weight excluding hydrogens is 382 g/mol. The van der Waals surface area contributed by atoms with Crippen LogP contribution in [0.2, 0.25) is 0 Å². The molecular formula is C22H21N5O3. The van der Waals surface area contributed by atoms with Crippen LogP contribution in [-0.4, -0.2) is 38.9 Å². The van der Waals surface area contributed by atoms with E-state index in [0.717, 1.165) is 16.8 Å². The van der Waals surface area contributed by atoms with Crippen LogP contribution in [0.3, 0.4) is 0 Å². The number of benzene rings is 2. The molecule has 8 nitrogen and oxygen atoms in total. The Balaban J connectivity index is 1.43. The molecule has 8 heteroatoms. The SMILES string of the molecule is COc1cc(C)ccc1O[C@@H](C)C(=O)Nc1ccc(-c2ccc3nncn3n2)cc1. The number of hydrogen-bond acceptors (Lipinski definition) is 6. The largest absolute Gasteiger partial charge is 0.493 e. The highest BCUT2D eigenvalue weighted by Crippen LogP contribution is 2.29. The van der Waals surface area contributed by atoms with Gasteiger partial charge in [-0.25, -0.2) is 0 Å². The summed E-state index contributed by atoms with van der Waals surface area (Å²) in [4.78, 5) is 12.5. The number of methoxy groups -OCH3 is 1. The molecule has 30 heavy (non-hydrogen) atoms. The van der Waals surface area contributed by atoms with Gasteiger partial charge in [0.1, 0.15) is 6.33 Å². The number of anilines is 1. The highest BCUT2D eigenvalue weighted by Gasteiger charge is 2.17. The molecule has 0 aliphatic rings. The van der Waals surface area contributed by atoms with Crippen LogP contribution in [0.5, 0.6) is 11.5 Å². The summed E-state index contributed by atoms with van der Waals surface area (Å²) in [6, 6.07) is 16.7. The highest BCUT2D eigenvalue weighted by molar-refractivity contribution is 5.94. The van der Waals surface area contributed by atoms with Gasteiger partial charge in [-0.3, -0.25) is 4.79 Å². The van der Waals surface area contributed by atoms with E-state index in [1.807, 2.05) is 55.5 Å². The summed E-state index contributed by atoms with van der Waals surface area (Å²) < 4.78 is 12.7. The Labute approximate surface area is 173 Å². The van der Waals surface area contributed by atoms with Crippen LogP contribution < -0.4 is 14.8 Å². The Morgan fingerprint density at radius 3 is 2.63 bits per heavy atom. The molecule has 0 aliphatic carbocycles. The van der Waals surface area contributed by atoms with Gasteiger partial charge in [-0.05, 0) is 55.8 Å². The lowest BCUT2D eigenvalue weighted by Crippen LogP contribution is -2.30. The van der Waals surface area contributed by atoms with Crippen molar-refractivity contribution in [2.75, 3.05) is 12.4 Å². The van der Waals surface area contributed by atoms with Crippen molar-refractivity contribution >= 4 is 17.2 Å². The van der Waals surface area contributed by atoms with Gasteiger partial charge in [-0.15, -0.1) is 10.2 Å².